The second kappa shape index (κ2) is 10.1. The van der Waals surface area contributed by atoms with Gasteiger partial charge in [-0.15, -0.1) is 0 Å². The van der Waals surface area contributed by atoms with E-state index >= 15 is 0 Å². The number of hydrogen-bond acceptors (Lipinski definition) is 9. The van der Waals surface area contributed by atoms with Gasteiger partial charge in [0, 0.05) is 43.9 Å². The highest BCUT2D eigenvalue weighted by atomic mass is 32.2. The van der Waals surface area contributed by atoms with Gasteiger partial charge in [0.05, 0.1) is 15.5 Å². The Hall–Kier alpha value is -4.01. The molecule has 186 valence electrons. The van der Waals surface area contributed by atoms with Crippen LogP contribution in [0, 0.1) is 0 Å². The Morgan fingerprint density at radius 1 is 1.17 bits per heavy atom. The van der Waals surface area contributed by atoms with Crippen LogP contribution in [0.3, 0.4) is 0 Å². The molecule has 0 bridgehead atoms. The van der Waals surface area contributed by atoms with Crippen LogP contribution in [0.4, 0.5) is 36.4 Å². The number of sulfonamides is 1. The van der Waals surface area contributed by atoms with E-state index in [-0.39, 0.29) is 47.3 Å². The van der Waals surface area contributed by atoms with Crippen LogP contribution in [0.25, 0.3) is 0 Å². The molecule has 0 atom stereocenters. The van der Waals surface area contributed by atoms with Gasteiger partial charge in [0.2, 0.25) is 16.0 Å². The molecular formula is C20H21F3N8O3S. The van der Waals surface area contributed by atoms with E-state index in [2.05, 4.69) is 35.9 Å². The molecule has 1 amide bonds. The van der Waals surface area contributed by atoms with Gasteiger partial charge in [0.15, 0.2) is 5.82 Å². The number of anilines is 4. The van der Waals surface area contributed by atoms with Gasteiger partial charge in [-0.2, -0.15) is 18.2 Å². The zero-order valence-electron chi connectivity index (χ0n) is 20.6. The standard InChI is InChI=1S/C20H21F3N8O3S/c1-24-18(32)12-4-6-13(7-5-12)29-19-28-10-14(20(21,22)23)16(30-19)27-11-15-17(26-9-8-25-15)31(2)35(3,33)34/h4-10H,11H2,1-3H3,(H,24,32)(H2,27,28,29,30)/i4D,5D. The van der Waals surface area contributed by atoms with Gasteiger partial charge >= 0.3 is 6.18 Å². The molecule has 0 radical (unpaired) electrons. The Morgan fingerprint density at radius 2 is 1.83 bits per heavy atom. The maximum absolute atomic E-state index is 13.6. The van der Waals surface area contributed by atoms with E-state index < -0.39 is 33.5 Å². The van der Waals surface area contributed by atoms with Crippen molar-refractivity contribution < 1.29 is 29.1 Å². The molecule has 3 rings (SSSR count). The highest BCUT2D eigenvalue weighted by Gasteiger charge is 2.35. The molecule has 3 N–H and O–H groups in total. The Balaban J connectivity index is 1.94. The third-order valence-corrected chi connectivity index (χ3v) is 5.69. The number of amides is 1. The van der Waals surface area contributed by atoms with E-state index in [0.29, 0.717) is 6.20 Å². The van der Waals surface area contributed by atoms with Crippen molar-refractivity contribution in [3.8, 4) is 0 Å². The summed E-state index contributed by atoms with van der Waals surface area (Å²) in [5.74, 6) is -1.65. The number of carbonyl (C=O) groups is 1. The molecule has 0 spiro atoms. The molecule has 0 aliphatic heterocycles. The third-order valence-electron chi connectivity index (χ3n) is 4.52. The summed E-state index contributed by atoms with van der Waals surface area (Å²) in [7, 11) is -1.14. The lowest BCUT2D eigenvalue weighted by molar-refractivity contribution is -0.137. The predicted octanol–water partition coefficient (Wildman–Crippen LogP) is 2.40. The number of benzene rings is 1. The molecule has 0 saturated heterocycles. The van der Waals surface area contributed by atoms with E-state index in [4.69, 9.17) is 2.74 Å². The van der Waals surface area contributed by atoms with Gasteiger partial charge in [-0.3, -0.25) is 14.1 Å². The van der Waals surface area contributed by atoms with E-state index in [1.54, 1.807) is 0 Å². The SMILES string of the molecule is [2H]c1cc(Nc2ncc(C(F)(F)F)c(NCc3nccnc3N(C)S(C)(=O)=O)n2)cc([2H])c1C(=O)NC. The largest absolute Gasteiger partial charge is 0.421 e. The lowest BCUT2D eigenvalue weighted by Gasteiger charge is -2.19. The number of carbonyl (C=O) groups excluding carboxylic acids is 1. The van der Waals surface area contributed by atoms with Gasteiger partial charge in [-0.1, -0.05) is 0 Å². The molecule has 0 aliphatic rings. The summed E-state index contributed by atoms with van der Waals surface area (Å²) in [4.78, 5) is 27.4. The molecule has 15 heteroatoms. The second-order valence-electron chi connectivity index (χ2n) is 6.98. The molecule has 0 aliphatic carbocycles. The zero-order chi connectivity index (χ0) is 27.5. The summed E-state index contributed by atoms with van der Waals surface area (Å²) in [6.07, 6.45) is -0.846. The van der Waals surface area contributed by atoms with Crippen LogP contribution < -0.4 is 20.3 Å². The minimum Gasteiger partial charge on any atom is -0.364 e. The first-order valence-electron chi connectivity index (χ1n) is 10.7. The number of nitrogens with zero attached hydrogens (tertiary/aromatic N) is 5. The van der Waals surface area contributed by atoms with Crippen molar-refractivity contribution in [3.63, 3.8) is 0 Å². The fraction of sp³-hybridized carbons (Fsp3) is 0.250. The second-order valence-corrected chi connectivity index (χ2v) is 8.99. The Morgan fingerprint density at radius 3 is 2.43 bits per heavy atom. The van der Waals surface area contributed by atoms with E-state index in [9.17, 15) is 26.4 Å². The Bertz CT molecular complexity index is 1420. The predicted molar refractivity (Wildman–Crippen MR) is 123 cm³/mol. The molecule has 3 aromatic rings. The van der Waals surface area contributed by atoms with Crippen molar-refractivity contribution in [3.05, 3.63) is 59.6 Å². The summed E-state index contributed by atoms with van der Waals surface area (Å²) >= 11 is 0. The van der Waals surface area contributed by atoms with Crippen molar-refractivity contribution in [2.24, 2.45) is 0 Å². The number of halogens is 3. The summed E-state index contributed by atoms with van der Waals surface area (Å²) in [5, 5.41) is 7.44. The fourth-order valence-corrected chi connectivity index (χ4v) is 3.16. The van der Waals surface area contributed by atoms with Crippen molar-refractivity contribution in [1.29, 1.82) is 0 Å². The number of alkyl halides is 3. The smallest absolute Gasteiger partial charge is 0.364 e. The van der Waals surface area contributed by atoms with Crippen molar-refractivity contribution in [1.82, 2.24) is 25.3 Å². The molecule has 0 saturated carbocycles. The first-order valence-corrected chi connectivity index (χ1v) is 11.6. The molecule has 11 nitrogen and oxygen atoms in total. The van der Waals surface area contributed by atoms with E-state index in [0.717, 1.165) is 10.6 Å². The van der Waals surface area contributed by atoms with Gasteiger partial charge < -0.3 is 16.0 Å². The molecule has 1 aromatic carbocycles. The van der Waals surface area contributed by atoms with Crippen LogP contribution in [-0.2, 0) is 22.7 Å². The van der Waals surface area contributed by atoms with Gasteiger partial charge in [0.25, 0.3) is 5.91 Å². The minimum absolute atomic E-state index is 0.0409. The zero-order valence-corrected chi connectivity index (χ0v) is 19.4. The number of hydrogen-bond donors (Lipinski definition) is 3. The summed E-state index contributed by atoms with van der Waals surface area (Å²) in [6, 6.07) is 1.82. The molecule has 0 unspecified atom stereocenters. The minimum atomic E-state index is -4.83. The number of aromatic nitrogens is 4. The number of nitrogens with one attached hydrogen (secondary N) is 3. The maximum atomic E-state index is 13.6. The van der Waals surface area contributed by atoms with Gasteiger partial charge in [0.1, 0.15) is 17.1 Å². The highest BCUT2D eigenvalue weighted by molar-refractivity contribution is 7.92. The summed E-state index contributed by atoms with van der Waals surface area (Å²) < 4.78 is 81.4. The van der Waals surface area contributed by atoms with Crippen LogP contribution in [0.1, 0.15) is 24.4 Å². The third kappa shape index (κ3) is 6.32. The lowest BCUT2D eigenvalue weighted by atomic mass is 10.2. The van der Waals surface area contributed by atoms with Crippen molar-refractivity contribution >= 4 is 39.2 Å². The monoisotopic (exact) mass is 512 g/mol. The van der Waals surface area contributed by atoms with Crippen molar-refractivity contribution in [2.45, 2.75) is 12.7 Å². The molecule has 2 aromatic heterocycles. The van der Waals surface area contributed by atoms with Crippen LogP contribution in [0.2, 0.25) is 0 Å². The number of rotatable bonds is 8. The molecule has 35 heavy (non-hydrogen) atoms. The average molecular weight is 513 g/mol. The molecule has 2 heterocycles. The lowest BCUT2D eigenvalue weighted by Crippen LogP contribution is -2.27. The Labute approximate surface area is 201 Å². The maximum Gasteiger partial charge on any atom is 0.421 e. The van der Waals surface area contributed by atoms with Crippen LogP contribution in [0.15, 0.2) is 42.8 Å². The summed E-state index contributed by atoms with van der Waals surface area (Å²) in [5.41, 5.74) is -1.24. The Kier molecular flexibility index (Phi) is 6.56. The van der Waals surface area contributed by atoms with E-state index in [1.807, 2.05) is 0 Å². The quantitative estimate of drug-likeness (QED) is 0.415. The highest BCUT2D eigenvalue weighted by Crippen LogP contribution is 2.34. The molecule has 0 fully saturated rings. The van der Waals surface area contributed by atoms with E-state index in [1.165, 1.54) is 38.6 Å². The fourth-order valence-electron chi connectivity index (χ4n) is 2.70. The van der Waals surface area contributed by atoms with Crippen LogP contribution >= 0.6 is 0 Å². The van der Waals surface area contributed by atoms with Gasteiger partial charge in [-0.05, 0) is 24.2 Å². The normalized spacial score (nSPS) is 12.4. The average Bonchev–Trinajstić information content (AvgIpc) is 2.80. The first kappa shape index (κ1) is 22.8. The van der Waals surface area contributed by atoms with Crippen molar-refractivity contribution in [2.75, 3.05) is 35.3 Å². The first-order chi connectivity index (χ1) is 17.2. The van der Waals surface area contributed by atoms with Crippen LogP contribution in [-0.4, -0.2) is 54.6 Å². The molecular weight excluding hydrogens is 489 g/mol. The van der Waals surface area contributed by atoms with Crippen LogP contribution in [0.5, 0.6) is 0 Å². The van der Waals surface area contributed by atoms with Gasteiger partial charge in [-0.25, -0.2) is 18.4 Å². The summed E-state index contributed by atoms with van der Waals surface area (Å²) in [6.45, 7) is -0.364. The topological polar surface area (TPSA) is 142 Å².